The van der Waals surface area contributed by atoms with Gasteiger partial charge in [-0.15, -0.1) is 0 Å². The molecule has 0 heterocycles. The van der Waals surface area contributed by atoms with Gasteiger partial charge in [-0.2, -0.15) is 0 Å². The molecule has 3 amide bonds. The molecule has 0 aliphatic heterocycles. The molecule has 102 valence electrons. The highest BCUT2D eigenvalue weighted by Gasteiger charge is 2.04. The minimum atomic E-state index is -0.514. The van der Waals surface area contributed by atoms with E-state index in [9.17, 15) is 9.59 Å². The van der Waals surface area contributed by atoms with Gasteiger partial charge in [0.25, 0.3) is 0 Å². The van der Waals surface area contributed by atoms with Crippen LogP contribution >= 0.6 is 11.6 Å². The van der Waals surface area contributed by atoms with E-state index >= 15 is 0 Å². The molecular weight excluding hydrogens is 278 g/mol. The number of carbonyl (C=O) groups excluding carboxylic acids is 2. The summed E-state index contributed by atoms with van der Waals surface area (Å²) in [5.41, 5.74) is 6.65. The number of urea groups is 1. The van der Waals surface area contributed by atoms with Crippen molar-refractivity contribution in [3.63, 3.8) is 0 Å². The predicted octanol–water partition coefficient (Wildman–Crippen LogP) is 3.08. The molecule has 0 aliphatic rings. The Bertz CT molecular complexity index is 641. The molecule has 6 heteroatoms. The van der Waals surface area contributed by atoms with Crippen molar-refractivity contribution in [3.8, 4) is 0 Å². The van der Waals surface area contributed by atoms with Crippen LogP contribution < -0.4 is 16.4 Å². The van der Waals surface area contributed by atoms with Crippen LogP contribution in [0.2, 0.25) is 5.02 Å². The van der Waals surface area contributed by atoms with Gasteiger partial charge >= 0.3 is 6.03 Å². The smallest absolute Gasteiger partial charge is 0.323 e. The molecule has 2 aromatic rings. The number of hydrogen-bond acceptors (Lipinski definition) is 2. The first-order valence-electron chi connectivity index (χ1n) is 5.78. The molecule has 0 fully saturated rings. The van der Waals surface area contributed by atoms with E-state index in [1.54, 1.807) is 36.4 Å². The molecule has 2 aromatic carbocycles. The predicted molar refractivity (Wildman–Crippen MR) is 79.1 cm³/mol. The minimum absolute atomic E-state index is 0.380. The van der Waals surface area contributed by atoms with Gasteiger partial charge in [0, 0.05) is 22.0 Å². The molecule has 20 heavy (non-hydrogen) atoms. The van der Waals surface area contributed by atoms with Crippen molar-refractivity contribution in [1.29, 1.82) is 0 Å². The molecule has 0 unspecified atom stereocenters. The van der Waals surface area contributed by atoms with Crippen molar-refractivity contribution >= 4 is 34.9 Å². The molecule has 0 radical (unpaired) electrons. The molecule has 2 rings (SSSR count). The summed E-state index contributed by atoms with van der Waals surface area (Å²) in [6.07, 6.45) is 0. The maximum absolute atomic E-state index is 11.8. The summed E-state index contributed by atoms with van der Waals surface area (Å²) in [6.45, 7) is 0. The van der Waals surface area contributed by atoms with Crippen LogP contribution in [0, 0.1) is 0 Å². The molecular formula is C14H12ClN3O2. The topological polar surface area (TPSA) is 84.2 Å². The first kappa shape index (κ1) is 13.9. The largest absolute Gasteiger partial charge is 0.366 e. The molecule has 5 nitrogen and oxygen atoms in total. The number of carbonyl (C=O) groups is 2. The molecule has 0 aromatic heterocycles. The Kier molecular flexibility index (Phi) is 4.22. The Hall–Kier alpha value is -2.53. The Labute approximate surface area is 120 Å². The normalized spacial score (nSPS) is 9.85. The Balaban J connectivity index is 1.99. The van der Waals surface area contributed by atoms with E-state index in [0.29, 0.717) is 22.0 Å². The van der Waals surface area contributed by atoms with Crippen molar-refractivity contribution in [3.05, 3.63) is 59.1 Å². The van der Waals surface area contributed by atoms with Crippen molar-refractivity contribution in [1.82, 2.24) is 0 Å². The average molecular weight is 290 g/mol. The summed E-state index contributed by atoms with van der Waals surface area (Å²) < 4.78 is 0. The number of nitrogens with two attached hydrogens (primary N) is 1. The number of benzene rings is 2. The maximum atomic E-state index is 11.8. The fourth-order valence-electron chi connectivity index (χ4n) is 1.58. The molecule has 4 N–H and O–H groups in total. The quantitative estimate of drug-likeness (QED) is 0.811. The zero-order chi connectivity index (χ0) is 14.5. The highest BCUT2D eigenvalue weighted by molar-refractivity contribution is 6.30. The number of halogens is 1. The lowest BCUT2D eigenvalue weighted by Gasteiger charge is -2.08. The summed E-state index contributed by atoms with van der Waals surface area (Å²) in [5, 5.41) is 5.81. The third-order valence-electron chi connectivity index (χ3n) is 2.51. The third-order valence-corrected chi connectivity index (χ3v) is 2.74. The van der Waals surface area contributed by atoms with Gasteiger partial charge in [0.15, 0.2) is 0 Å². The first-order valence-corrected chi connectivity index (χ1v) is 6.16. The van der Waals surface area contributed by atoms with E-state index in [-0.39, 0.29) is 0 Å². The molecule has 0 saturated heterocycles. The number of hydrogen-bond donors (Lipinski definition) is 3. The van der Waals surface area contributed by atoms with E-state index in [0.717, 1.165) is 0 Å². The van der Waals surface area contributed by atoms with Gasteiger partial charge in [-0.25, -0.2) is 4.79 Å². The van der Waals surface area contributed by atoms with Crippen LogP contribution in [-0.2, 0) is 0 Å². The fraction of sp³-hybridized carbons (Fsp3) is 0. The van der Waals surface area contributed by atoms with Crippen LogP contribution in [-0.4, -0.2) is 11.9 Å². The summed E-state index contributed by atoms with van der Waals surface area (Å²) in [5.74, 6) is -0.514. The highest BCUT2D eigenvalue weighted by atomic mass is 35.5. The Morgan fingerprint density at radius 2 is 1.60 bits per heavy atom. The fourth-order valence-corrected chi connectivity index (χ4v) is 1.77. The van der Waals surface area contributed by atoms with Crippen molar-refractivity contribution in [2.75, 3.05) is 10.6 Å². The first-order chi connectivity index (χ1) is 9.54. The number of amides is 3. The maximum Gasteiger partial charge on any atom is 0.323 e. The lowest BCUT2D eigenvalue weighted by atomic mass is 10.2. The Morgan fingerprint density at radius 1 is 0.950 bits per heavy atom. The van der Waals surface area contributed by atoms with E-state index in [1.165, 1.54) is 12.1 Å². The Morgan fingerprint density at radius 3 is 2.20 bits per heavy atom. The third kappa shape index (κ3) is 3.73. The minimum Gasteiger partial charge on any atom is -0.366 e. The van der Waals surface area contributed by atoms with Gasteiger partial charge in [-0.1, -0.05) is 17.7 Å². The van der Waals surface area contributed by atoms with E-state index < -0.39 is 11.9 Å². The van der Waals surface area contributed by atoms with Crippen LogP contribution in [0.1, 0.15) is 10.4 Å². The molecule has 0 spiro atoms. The second-order valence-electron chi connectivity index (χ2n) is 4.03. The van der Waals surface area contributed by atoms with Crippen LogP contribution in [0.5, 0.6) is 0 Å². The van der Waals surface area contributed by atoms with Gasteiger partial charge in [-0.3, -0.25) is 4.79 Å². The number of primary amides is 1. The van der Waals surface area contributed by atoms with Crippen molar-refractivity contribution in [2.24, 2.45) is 5.73 Å². The van der Waals surface area contributed by atoms with Crippen molar-refractivity contribution < 1.29 is 9.59 Å². The number of rotatable bonds is 3. The molecule has 0 saturated carbocycles. The molecule has 0 aliphatic carbocycles. The SMILES string of the molecule is NC(=O)c1ccc(NC(=O)Nc2cccc(Cl)c2)cc1. The highest BCUT2D eigenvalue weighted by Crippen LogP contribution is 2.15. The van der Waals surface area contributed by atoms with Crippen LogP contribution in [0.3, 0.4) is 0 Å². The van der Waals surface area contributed by atoms with Crippen molar-refractivity contribution in [2.45, 2.75) is 0 Å². The molecule has 0 bridgehead atoms. The van der Waals surface area contributed by atoms with Gasteiger partial charge in [0.2, 0.25) is 5.91 Å². The second kappa shape index (κ2) is 6.08. The molecule has 0 atom stereocenters. The van der Waals surface area contributed by atoms with Gasteiger partial charge in [0.1, 0.15) is 0 Å². The lowest BCUT2D eigenvalue weighted by molar-refractivity contribution is 0.100. The van der Waals surface area contributed by atoms with Gasteiger partial charge < -0.3 is 16.4 Å². The van der Waals surface area contributed by atoms with Crippen LogP contribution in [0.4, 0.5) is 16.2 Å². The summed E-state index contributed by atoms with van der Waals surface area (Å²) >= 11 is 5.82. The average Bonchev–Trinajstić information content (AvgIpc) is 2.39. The van der Waals surface area contributed by atoms with Crippen LogP contribution in [0.25, 0.3) is 0 Å². The van der Waals surface area contributed by atoms with Crippen LogP contribution in [0.15, 0.2) is 48.5 Å². The van der Waals surface area contributed by atoms with E-state index in [2.05, 4.69) is 10.6 Å². The number of anilines is 2. The summed E-state index contributed by atoms with van der Waals surface area (Å²) in [7, 11) is 0. The zero-order valence-electron chi connectivity index (χ0n) is 10.4. The standard InChI is InChI=1S/C14H12ClN3O2/c15-10-2-1-3-12(8-10)18-14(20)17-11-6-4-9(5-7-11)13(16)19/h1-8H,(H2,16,19)(H2,17,18,20). The lowest BCUT2D eigenvalue weighted by Crippen LogP contribution is -2.19. The number of nitrogens with one attached hydrogen (secondary N) is 2. The van der Waals surface area contributed by atoms with Gasteiger partial charge in [0.05, 0.1) is 0 Å². The summed E-state index contributed by atoms with van der Waals surface area (Å²) in [4.78, 5) is 22.7. The van der Waals surface area contributed by atoms with E-state index in [1.807, 2.05) is 0 Å². The van der Waals surface area contributed by atoms with Gasteiger partial charge in [-0.05, 0) is 42.5 Å². The summed E-state index contributed by atoms with van der Waals surface area (Å²) in [6, 6.07) is 12.7. The van der Waals surface area contributed by atoms with E-state index in [4.69, 9.17) is 17.3 Å². The zero-order valence-corrected chi connectivity index (χ0v) is 11.1. The monoisotopic (exact) mass is 289 g/mol. The second-order valence-corrected chi connectivity index (χ2v) is 4.47.